The van der Waals surface area contributed by atoms with Gasteiger partial charge < -0.3 is 5.11 Å². The summed E-state index contributed by atoms with van der Waals surface area (Å²) in [4.78, 5) is 3.60. The fourth-order valence-electron chi connectivity index (χ4n) is 1.83. The van der Waals surface area contributed by atoms with Gasteiger partial charge in [0, 0.05) is 11.6 Å². The van der Waals surface area contributed by atoms with Gasteiger partial charge in [0.15, 0.2) is 0 Å². The topological polar surface area (TPSA) is 33.1 Å². The van der Waals surface area contributed by atoms with Crippen LogP contribution in [0.15, 0.2) is 18.3 Å². The summed E-state index contributed by atoms with van der Waals surface area (Å²) in [6, 6.07) is 3.07. The Labute approximate surface area is 76.4 Å². The van der Waals surface area contributed by atoms with Crippen molar-refractivity contribution in [3.63, 3.8) is 0 Å². The standard InChI is InChI=1S/C10H12FNO/c11-9-3-2-8(6-12-9)10(7-13)4-1-5-10/h2-3,6,13H,1,4-5,7H2. The number of hydrogen-bond donors (Lipinski definition) is 1. The van der Waals surface area contributed by atoms with Gasteiger partial charge in [-0.15, -0.1) is 0 Å². The molecule has 3 heteroatoms. The smallest absolute Gasteiger partial charge is 0.212 e. The molecule has 70 valence electrons. The molecule has 0 radical (unpaired) electrons. The zero-order valence-corrected chi connectivity index (χ0v) is 7.33. The van der Waals surface area contributed by atoms with Crippen LogP contribution in [0.2, 0.25) is 0 Å². The molecule has 1 N–H and O–H groups in total. The van der Waals surface area contributed by atoms with E-state index in [-0.39, 0.29) is 12.0 Å². The molecule has 0 aliphatic heterocycles. The van der Waals surface area contributed by atoms with E-state index in [4.69, 9.17) is 0 Å². The van der Waals surface area contributed by atoms with Gasteiger partial charge in [0.05, 0.1) is 6.61 Å². The summed E-state index contributed by atoms with van der Waals surface area (Å²) >= 11 is 0. The van der Waals surface area contributed by atoms with E-state index in [9.17, 15) is 9.50 Å². The lowest BCUT2D eigenvalue weighted by atomic mass is 9.65. The average Bonchev–Trinajstić information content (AvgIpc) is 2.07. The predicted molar refractivity (Wildman–Crippen MR) is 46.8 cm³/mol. The highest BCUT2D eigenvalue weighted by Gasteiger charge is 2.38. The zero-order chi connectivity index (χ0) is 9.31. The largest absolute Gasteiger partial charge is 0.395 e. The van der Waals surface area contributed by atoms with Crippen LogP contribution in [-0.2, 0) is 5.41 Å². The summed E-state index contributed by atoms with van der Waals surface area (Å²) in [5.74, 6) is -0.462. The fraction of sp³-hybridized carbons (Fsp3) is 0.500. The van der Waals surface area contributed by atoms with E-state index >= 15 is 0 Å². The Hall–Kier alpha value is -0.960. The molecule has 0 bridgehead atoms. The highest BCUT2D eigenvalue weighted by Crippen LogP contribution is 2.42. The number of hydrogen-bond acceptors (Lipinski definition) is 2. The Bertz CT molecular complexity index is 287. The first-order valence-electron chi connectivity index (χ1n) is 4.50. The normalized spacial score (nSPS) is 19.5. The summed E-state index contributed by atoms with van der Waals surface area (Å²) in [5, 5.41) is 9.24. The number of rotatable bonds is 2. The Kier molecular flexibility index (Phi) is 2.04. The van der Waals surface area contributed by atoms with E-state index in [1.165, 1.54) is 12.3 Å². The lowest BCUT2D eigenvalue weighted by molar-refractivity contribution is 0.120. The number of halogens is 1. The van der Waals surface area contributed by atoms with Gasteiger partial charge >= 0.3 is 0 Å². The van der Waals surface area contributed by atoms with Crippen LogP contribution in [0.25, 0.3) is 0 Å². The summed E-state index contributed by atoms with van der Waals surface area (Å²) in [7, 11) is 0. The van der Waals surface area contributed by atoms with E-state index in [0.717, 1.165) is 24.8 Å². The molecule has 0 unspecified atom stereocenters. The highest BCUT2D eigenvalue weighted by atomic mass is 19.1. The molecule has 1 aromatic heterocycles. The van der Waals surface area contributed by atoms with E-state index in [2.05, 4.69) is 4.98 Å². The van der Waals surface area contributed by atoms with Crippen molar-refractivity contribution in [1.82, 2.24) is 4.98 Å². The third-order valence-electron chi connectivity index (χ3n) is 2.95. The minimum atomic E-state index is -0.462. The van der Waals surface area contributed by atoms with E-state index < -0.39 is 5.95 Å². The number of aromatic nitrogens is 1. The van der Waals surface area contributed by atoms with Crippen molar-refractivity contribution < 1.29 is 9.50 Å². The Morgan fingerprint density at radius 1 is 1.46 bits per heavy atom. The van der Waals surface area contributed by atoms with Crippen LogP contribution in [0.1, 0.15) is 24.8 Å². The molecule has 1 aliphatic rings. The average molecular weight is 181 g/mol. The number of nitrogens with zero attached hydrogens (tertiary/aromatic N) is 1. The summed E-state index contributed by atoms with van der Waals surface area (Å²) in [5.41, 5.74) is 0.836. The summed E-state index contributed by atoms with van der Waals surface area (Å²) in [6.07, 6.45) is 4.64. The van der Waals surface area contributed by atoms with Crippen molar-refractivity contribution in [3.05, 3.63) is 29.8 Å². The lowest BCUT2D eigenvalue weighted by Crippen LogP contribution is -2.37. The van der Waals surface area contributed by atoms with Crippen molar-refractivity contribution >= 4 is 0 Å². The zero-order valence-electron chi connectivity index (χ0n) is 7.33. The van der Waals surface area contributed by atoms with Crippen LogP contribution in [0.3, 0.4) is 0 Å². The molecule has 0 aromatic carbocycles. The van der Waals surface area contributed by atoms with Crippen molar-refractivity contribution in [2.24, 2.45) is 0 Å². The molecule has 1 aliphatic carbocycles. The van der Waals surface area contributed by atoms with E-state index in [0.29, 0.717) is 0 Å². The number of aliphatic hydroxyl groups excluding tert-OH is 1. The molecule has 0 spiro atoms. The van der Waals surface area contributed by atoms with Gasteiger partial charge in [0.1, 0.15) is 0 Å². The monoisotopic (exact) mass is 181 g/mol. The van der Waals surface area contributed by atoms with Crippen molar-refractivity contribution in [2.45, 2.75) is 24.7 Å². The second kappa shape index (κ2) is 3.07. The van der Waals surface area contributed by atoms with Crippen LogP contribution in [-0.4, -0.2) is 16.7 Å². The van der Waals surface area contributed by atoms with Crippen molar-refractivity contribution in [3.8, 4) is 0 Å². The van der Waals surface area contributed by atoms with Gasteiger partial charge in [0.25, 0.3) is 0 Å². The van der Waals surface area contributed by atoms with Crippen LogP contribution in [0, 0.1) is 5.95 Å². The van der Waals surface area contributed by atoms with E-state index in [1.54, 1.807) is 6.07 Å². The summed E-state index contributed by atoms with van der Waals surface area (Å²) < 4.78 is 12.5. The van der Waals surface area contributed by atoms with Crippen LogP contribution in [0.5, 0.6) is 0 Å². The second-order valence-corrected chi connectivity index (χ2v) is 3.66. The molecular weight excluding hydrogens is 169 g/mol. The molecule has 2 rings (SSSR count). The van der Waals surface area contributed by atoms with Crippen LogP contribution in [0.4, 0.5) is 4.39 Å². The fourth-order valence-corrected chi connectivity index (χ4v) is 1.83. The van der Waals surface area contributed by atoms with Gasteiger partial charge in [0.2, 0.25) is 5.95 Å². The van der Waals surface area contributed by atoms with Gasteiger partial charge in [-0.3, -0.25) is 0 Å². The molecule has 0 atom stereocenters. The van der Waals surface area contributed by atoms with Crippen LogP contribution >= 0.6 is 0 Å². The molecule has 1 saturated carbocycles. The van der Waals surface area contributed by atoms with E-state index in [1.807, 2.05) is 0 Å². The maximum Gasteiger partial charge on any atom is 0.212 e. The third-order valence-corrected chi connectivity index (χ3v) is 2.95. The molecule has 1 fully saturated rings. The first-order chi connectivity index (χ1) is 6.27. The van der Waals surface area contributed by atoms with Crippen molar-refractivity contribution in [2.75, 3.05) is 6.61 Å². The SMILES string of the molecule is OCC1(c2ccc(F)nc2)CCC1. The Morgan fingerprint density at radius 3 is 2.62 bits per heavy atom. The predicted octanol–water partition coefficient (Wildman–Crippen LogP) is 1.63. The van der Waals surface area contributed by atoms with Gasteiger partial charge in [-0.1, -0.05) is 12.5 Å². The number of aliphatic hydroxyl groups is 1. The Balaban J connectivity index is 2.28. The second-order valence-electron chi connectivity index (χ2n) is 3.66. The van der Waals surface area contributed by atoms with Crippen molar-refractivity contribution in [1.29, 1.82) is 0 Å². The van der Waals surface area contributed by atoms with Crippen LogP contribution < -0.4 is 0 Å². The minimum absolute atomic E-state index is 0.124. The first kappa shape index (κ1) is 8.63. The minimum Gasteiger partial charge on any atom is -0.395 e. The molecular formula is C10H12FNO. The Morgan fingerprint density at radius 2 is 2.23 bits per heavy atom. The molecule has 1 aromatic rings. The maximum absolute atomic E-state index is 12.5. The lowest BCUT2D eigenvalue weighted by Gasteiger charge is -2.40. The summed E-state index contributed by atoms with van der Waals surface area (Å²) in [6.45, 7) is 0.139. The molecule has 13 heavy (non-hydrogen) atoms. The van der Waals surface area contributed by atoms with Gasteiger partial charge in [-0.2, -0.15) is 4.39 Å². The quantitative estimate of drug-likeness (QED) is 0.703. The van der Waals surface area contributed by atoms with Gasteiger partial charge in [-0.25, -0.2) is 4.98 Å². The first-order valence-corrected chi connectivity index (χ1v) is 4.50. The molecule has 0 amide bonds. The third kappa shape index (κ3) is 1.33. The maximum atomic E-state index is 12.5. The van der Waals surface area contributed by atoms with Gasteiger partial charge in [-0.05, 0) is 24.5 Å². The molecule has 2 nitrogen and oxygen atoms in total. The highest BCUT2D eigenvalue weighted by molar-refractivity contribution is 5.25. The molecule has 1 heterocycles. The number of pyridine rings is 1. The molecule has 0 saturated heterocycles.